The molecular formula is C26H25N3O3S2. The molecule has 2 aromatic heterocycles. The number of aromatic carboxylic acids is 1. The molecule has 5 rings (SSSR count). The molecule has 0 radical (unpaired) electrons. The van der Waals surface area contributed by atoms with Gasteiger partial charge >= 0.3 is 5.97 Å². The second-order valence-electron chi connectivity index (χ2n) is 8.35. The van der Waals surface area contributed by atoms with Crippen molar-refractivity contribution in [2.24, 2.45) is 0 Å². The van der Waals surface area contributed by atoms with Crippen LogP contribution in [0.4, 0.5) is 5.82 Å². The van der Waals surface area contributed by atoms with Crippen LogP contribution in [0.15, 0.2) is 53.7 Å². The Kier molecular flexibility index (Phi) is 6.54. The molecule has 1 fully saturated rings. The zero-order valence-corrected chi connectivity index (χ0v) is 20.6. The van der Waals surface area contributed by atoms with Gasteiger partial charge in [0.25, 0.3) is 0 Å². The summed E-state index contributed by atoms with van der Waals surface area (Å²) in [5.74, 6) is -0.173. The van der Waals surface area contributed by atoms with E-state index in [0.717, 1.165) is 34.9 Å². The van der Waals surface area contributed by atoms with Crippen molar-refractivity contribution in [3.05, 3.63) is 70.4 Å². The topological polar surface area (TPSA) is 84.3 Å². The number of ether oxygens (including phenoxy) is 1. The van der Waals surface area contributed by atoms with Crippen LogP contribution in [0, 0.1) is 13.8 Å². The molecule has 0 amide bonds. The fourth-order valence-corrected chi connectivity index (χ4v) is 6.42. The maximum atomic E-state index is 11.7. The van der Waals surface area contributed by atoms with Gasteiger partial charge in [0.2, 0.25) is 0 Å². The summed E-state index contributed by atoms with van der Waals surface area (Å²) in [6.45, 7) is 6.41. The summed E-state index contributed by atoms with van der Waals surface area (Å²) in [6, 6.07) is 13.8. The van der Waals surface area contributed by atoms with Crippen molar-refractivity contribution in [1.82, 2.24) is 9.97 Å². The quantitative estimate of drug-likeness (QED) is 0.321. The standard InChI is InChI=1S/C26H25N3O3S2/c1-15-4-3-5-20-19(16(2)33-25(15)20)8-9-27-24-11-22(28-14-29-24)17-6-7-21(26(30)31)23(10-17)34-18-12-32-13-18/h3-7,10-11,14,18H,8-9,12-13H2,1-2H3,(H,30,31)(H,27,28,29). The maximum Gasteiger partial charge on any atom is 0.336 e. The Morgan fingerprint density at radius 2 is 2.06 bits per heavy atom. The van der Waals surface area contributed by atoms with Crippen LogP contribution in [-0.2, 0) is 11.2 Å². The molecule has 2 aromatic carbocycles. The van der Waals surface area contributed by atoms with Crippen molar-refractivity contribution in [1.29, 1.82) is 0 Å². The summed E-state index contributed by atoms with van der Waals surface area (Å²) in [6.07, 6.45) is 2.45. The van der Waals surface area contributed by atoms with Gasteiger partial charge in [0.15, 0.2) is 0 Å². The number of benzene rings is 2. The van der Waals surface area contributed by atoms with Crippen LogP contribution in [0.1, 0.15) is 26.4 Å². The van der Waals surface area contributed by atoms with Crippen LogP contribution in [0.3, 0.4) is 0 Å². The number of nitrogens with zero attached hydrogens (tertiary/aromatic N) is 2. The van der Waals surface area contributed by atoms with Gasteiger partial charge in [0.05, 0.1) is 29.7 Å². The van der Waals surface area contributed by atoms with E-state index in [4.69, 9.17) is 4.74 Å². The Morgan fingerprint density at radius 1 is 1.21 bits per heavy atom. The summed E-state index contributed by atoms with van der Waals surface area (Å²) in [4.78, 5) is 22.6. The van der Waals surface area contributed by atoms with E-state index < -0.39 is 5.97 Å². The predicted molar refractivity (Wildman–Crippen MR) is 138 cm³/mol. The minimum Gasteiger partial charge on any atom is -0.478 e. The molecule has 6 nitrogen and oxygen atoms in total. The third kappa shape index (κ3) is 4.66. The van der Waals surface area contributed by atoms with Crippen molar-refractivity contribution >= 4 is 45.0 Å². The fourth-order valence-electron chi connectivity index (χ4n) is 4.09. The normalized spacial score (nSPS) is 13.7. The zero-order chi connectivity index (χ0) is 23.7. The van der Waals surface area contributed by atoms with Gasteiger partial charge in [-0.25, -0.2) is 14.8 Å². The van der Waals surface area contributed by atoms with E-state index in [1.165, 1.54) is 26.1 Å². The fraction of sp³-hybridized carbons (Fsp3) is 0.269. The average molecular weight is 492 g/mol. The summed E-state index contributed by atoms with van der Waals surface area (Å²) in [5, 5.41) is 14.6. The Morgan fingerprint density at radius 3 is 2.82 bits per heavy atom. The Balaban J connectivity index is 1.32. The number of aryl methyl sites for hydroxylation is 2. The van der Waals surface area contributed by atoms with E-state index in [0.29, 0.717) is 18.8 Å². The Labute approximate surface area is 206 Å². The van der Waals surface area contributed by atoms with Crippen molar-refractivity contribution < 1.29 is 14.6 Å². The van der Waals surface area contributed by atoms with Gasteiger partial charge in [-0.1, -0.05) is 24.3 Å². The third-order valence-corrected chi connectivity index (χ3v) is 8.47. The SMILES string of the molecule is Cc1sc2c(C)cccc2c1CCNc1cc(-c2ccc(C(=O)O)c(SC3COC3)c2)ncn1. The molecule has 3 heterocycles. The predicted octanol–water partition coefficient (Wildman–Crippen LogP) is 5.82. The number of nitrogens with one attached hydrogen (secondary N) is 1. The molecule has 174 valence electrons. The first kappa shape index (κ1) is 22.8. The van der Waals surface area contributed by atoms with Gasteiger partial charge in [0, 0.05) is 32.6 Å². The molecule has 4 aromatic rings. The highest BCUT2D eigenvalue weighted by atomic mass is 32.2. The molecule has 2 N–H and O–H groups in total. The molecule has 0 spiro atoms. The lowest BCUT2D eigenvalue weighted by Gasteiger charge is -2.25. The third-order valence-electron chi connectivity index (χ3n) is 5.97. The van der Waals surface area contributed by atoms with Gasteiger partial charge in [0.1, 0.15) is 12.1 Å². The van der Waals surface area contributed by atoms with Crippen molar-refractivity contribution in [2.45, 2.75) is 30.4 Å². The first-order chi connectivity index (χ1) is 16.5. The molecule has 0 atom stereocenters. The average Bonchev–Trinajstić information content (AvgIpc) is 3.13. The second-order valence-corrected chi connectivity index (χ2v) is 10.9. The van der Waals surface area contributed by atoms with Gasteiger partial charge < -0.3 is 15.2 Å². The monoisotopic (exact) mass is 491 g/mol. The molecule has 0 unspecified atom stereocenters. The maximum absolute atomic E-state index is 11.7. The van der Waals surface area contributed by atoms with Crippen molar-refractivity contribution in [3.8, 4) is 11.3 Å². The number of aromatic nitrogens is 2. The molecule has 8 heteroatoms. The van der Waals surface area contributed by atoms with Gasteiger partial charge in [-0.05, 0) is 48.9 Å². The number of rotatable bonds is 8. The molecular weight excluding hydrogens is 466 g/mol. The lowest BCUT2D eigenvalue weighted by Crippen LogP contribution is -2.30. The molecule has 0 saturated carbocycles. The largest absolute Gasteiger partial charge is 0.478 e. The highest BCUT2D eigenvalue weighted by molar-refractivity contribution is 8.00. The number of hydrogen-bond donors (Lipinski definition) is 2. The van der Waals surface area contributed by atoms with Crippen LogP contribution < -0.4 is 5.32 Å². The smallest absolute Gasteiger partial charge is 0.336 e. The Bertz CT molecular complexity index is 1360. The summed E-state index contributed by atoms with van der Waals surface area (Å²) < 4.78 is 6.61. The van der Waals surface area contributed by atoms with Gasteiger partial charge in [-0.15, -0.1) is 23.1 Å². The summed E-state index contributed by atoms with van der Waals surface area (Å²) in [5.41, 5.74) is 4.64. The number of carbonyl (C=O) groups is 1. The zero-order valence-electron chi connectivity index (χ0n) is 19.0. The van der Waals surface area contributed by atoms with Crippen molar-refractivity contribution in [3.63, 3.8) is 0 Å². The highest BCUT2D eigenvalue weighted by Crippen LogP contribution is 2.35. The second kappa shape index (κ2) is 9.74. The number of fused-ring (bicyclic) bond motifs is 1. The molecule has 1 saturated heterocycles. The first-order valence-corrected chi connectivity index (χ1v) is 12.8. The Hall–Kier alpha value is -2.94. The number of carboxylic acids is 1. The molecule has 0 aliphatic carbocycles. The van der Waals surface area contributed by atoms with Crippen LogP contribution in [0.5, 0.6) is 0 Å². The lowest BCUT2D eigenvalue weighted by atomic mass is 10.1. The number of thiophene rings is 1. The molecule has 1 aliphatic heterocycles. The summed E-state index contributed by atoms with van der Waals surface area (Å²) in [7, 11) is 0. The van der Waals surface area contributed by atoms with E-state index >= 15 is 0 Å². The minimum atomic E-state index is -0.925. The number of anilines is 1. The van der Waals surface area contributed by atoms with E-state index in [1.54, 1.807) is 30.2 Å². The van der Waals surface area contributed by atoms with E-state index in [2.05, 4.69) is 47.3 Å². The van der Waals surface area contributed by atoms with E-state index in [1.807, 2.05) is 23.5 Å². The first-order valence-electron chi connectivity index (χ1n) is 11.1. The minimum absolute atomic E-state index is 0.288. The van der Waals surface area contributed by atoms with Crippen LogP contribution in [0.2, 0.25) is 0 Å². The number of hydrogen-bond acceptors (Lipinski definition) is 7. The highest BCUT2D eigenvalue weighted by Gasteiger charge is 2.23. The van der Waals surface area contributed by atoms with E-state index in [9.17, 15) is 9.90 Å². The van der Waals surface area contributed by atoms with Gasteiger partial charge in [-0.3, -0.25) is 0 Å². The number of carboxylic acid groups (broad SMARTS) is 1. The van der Waals surface area contributed by atoms with E-state index in [-0.39, 0.29) is 5.25 Å². The molecule has 1 aliphatic rings. The van der Waals surface area contributed by atoms with Crippen LogP contribution in [-0.4, -0.2) is 46.1 Å². The summed E-state index contributed by atoms with van der Waals surface area (Å²) >= 11 is 3.41. The lowest BCUT2D eigenvalue weighted by molar-refractivity contribution is 0.0454. The van der Waals surface area contributed by atoms with Crippen LogP contribution in [0.25, 0.3) is 21.3 Å². The van der Waals surface area contributed by atoms with Crippen molar-refractivity contribution in [2.75, 3.05) is 25.1 Å². The number of thioether (sulfide) groups is 1. The molecule has 0 bridgehead atoms. The molecule has 34 heavy (non-hydrogen) atoms. The van der Waals surface area contributed by atoms with Crippen LogP contribution >= 0.6 is 23.1 Å². The van der Waals surface area contributed by atoms with Gasteiger partial charge in [-0.2, -0.15) is 0 Å².